The van der Waals surface area contributed by atoms with Crippen LogP contribution >= 0.6 is 11.8 Å². The summed E-state index contributed by atoms with van der Waals surface area (Å²) in [6.45, 7) is 6.53. The van der Waals surface area contributed by atoms with Crippen LogP contribution in [0.15, 0.2) is 18.2 Å². The lowest BCUT2D eigenvalue weighted by Gasteiger charge is -2.28. The number of urea groups is 1. The zero-order valence-corrected chi connectivity index (χ0v) is 17.9. The van der Waals surface area contributed by atoms with Crippen molar-refractivity contribution in [3.8, 4) is 11.5 Å². The number of aliphatic hydroxyl groups is 1. The predicted molar refractivity (Wildman–Crippen MR) is 115 cm³/mol. The van der Waals surface area contributed by atoms with Crippen molar-refractivity contribution in [3.05, 3.63) is 23.8 Å². The number of hydrogen-bond acceptors (Lipinski definition) is 7. The number of hydrogen-bond donors (Lipinski definition) is 3. The molecule has 2 fully saturated rings. The van der Waals surface area contributed by atoms with E-state index in [1.54, 1.807) is 12.0 Å². The Morgan fingerprint density at radius 1 is 1.28 bits per heavy atom. The average molecular weight is 425 g/mol. The zero-order chi connectivity index (χ0) is 20.5. The molecular weight excluding hydrogens is 392 g/mol. The van der Waals surface area contributed by atoms with Crippen molar-refractivity contribution in [1.82, 2.24) is 20.4 Å². The van der Waals surface area contributed by atoms with Gasteiger partial charge in [0.25, 0.3) is 0 Å². The topological polar surface area (TPSA) is 86.3 Å². The number of ether oxygens (including phenoxy) is 2. The molecule has 1 aromatic rings. The van der Waals surface area contributed by atoms with Crippen LogP contribution < -0.4 is 20.1 Å². The van der Waals surface area contributed by atoms with Crippen molar-refractivity contribution in [2.75, 3.05) is 71.0 Å². The zero-order valence-electron chi connectivity index (χ0n) is 17.1. The van der Waals surface area contributed by atoms with Gasteiger partial charge in [-0.25, -0.2) is 4.79 Å². The fourth-order valence-corrected chi connectivity index (χ4v) is 4.41. The number of methoxy groups -OCH3 is 1. The molecule has 1 unspecified atom stereocenters. The van der Waals surface area contributed by atoms with E-state index < -0.39 is 6.10 Å². The van der Waals surface area contributed by atoms with Gasteiger partial charge < -0.3 is 30.1 Å². The number of benzene rings is 1. The van der Waals surface area contributed by atoms with Crippen LogP contribution in [0.5, 0.6) is 11.5 Å². The minimum Gasteiger partial charge on any atom is -0.493 e. The minimum absolute atomic E-state index is 0.0105. The summed E-state index contributed by atoms with van der Waals surface area (Å²) >= 11 is 1.96. The predicted octanol–water partition coefficient (Wildman–Crippen LogP) is 0.599. The molecule has 2 aliphatic heterocycles. The number of nitrogens with zero attached hydrogens (tertiary/aromatic N) is 2. The fraction of sp³-hybridized carbons (Fsp3) is 0.650. The van der Waals surface area contributed by atoms with Crippen LogP contribution in [0.2, 0.25) is 0 Å². The molecule has 2 heterocycles. The first-order chi connectivity index (χ1) is 14.2. The summed E-state index contributed by atoms with van der Waals surface area (Å²) in [6.07, 6.45) is -0.521. The van der Waals surface area contributed by atoms with Crippen molar-refractivity contribution in [2.45, 2.75) is 12.6 Å². The molecule has 0 saturated carbocycles. The fourth-order valence-electron chi connectivity index (χ4n) is 3.43. The lowest BCUT2D eigenvalue weighted by Crippen LogP contribution is -2.40. The molecule has 0 aliphatic carbocycles. The van der Waals surface area contributed by atoms with E-state index in [4.69, 9.17) is 9.47 Å². The minimum atomic E-state index is -0.521. The molecule has 2 aliphatic rings. The molecule has 1 atom stereocenters. The van der Waals surface area contributed by atoms with Crippen LogP contribution in [0.1, 0.15) is 5.56 Å². The van der Waals surface area contributed by atoms with Crippen LogP contribution in [0, 0.1) is 0 Å². The van der Waals surface area contributed by atoms with Crippen LogP contribution in [0.25, 0.3) is 0 Å². The Bertz CT molecular complexity index is 657. The molecule has 3 N–H and O–H groups in total. The van der Waals surface area contributed by atoms with Gasteiger partial charge in [-0.15, -0.1) is 0 Å². The van der Waals surface area contributed by atoms with E-state index in [-0.39, 0.29) is 12.6 Å². The van der Waals surface area contributed by atoms with Crippen molar-refractivity contribution in [2.24, 2.45) is 0 Å². The number of amides is 2. The quantitative estimate of drug-likeness (QED) is 0.449. The largest absolute Gasteiger partial charge is 0.493 e. The SMILES string of the molecule is COc1cc(CNCCN2CCNC2=O)ccc1OCC(O)CN1CCSCC1. The van der Waals surface area contributed by atoms with Crippen LogP contribution in [0.4, 0.5) is 4.79 Å². The van der Waals surface area contributed by atoms with Crippen molar-refractivity contribution < 1.29 is 19.4 Å². The van der Waals surface area contributed by atoms with Gasteiger partial charge >= 0.3 is 6.03 Å². The highest BCUT2D eigenvalue weighted by molar-refractivity contribution is 7.99. The Labute approximate surface area is 176 Å². The second-order valence-electron chi connectivity index (χ2n) is 7.26. The summed E-state index contributed by atoms with van der Waals surface area (Å²) in [7, 11) is 1.62. The molecule has 2 saturated heterocycles. The molecule has 0 radical (unpaired) electrons. The molecule has 29 heavy (non-hydrogen) atoms. The molecule has 1 aromatic carbocycles. The highest BCUT2D eigenvalue weighted by Gasteiger charge is 2.18. The summed E-state index contributed by atoms with van der Waals surface area (Å²) in [5.41, 5.74) is 1.08. The summed E-state index contributed by atoms with van der Waals surface area (Å²) < 4.78 is 11.3. The average Bonchev–Trinajstić information content (AvgIpc) is 3.15. The summed E-state index contributed by atoms with van der Waals surface area (Å²) in [6, 6.07) is 5.82. The summed E-state index contributed by atoms with van der Waals surface area (Å²) in [5, 5.41) is 16.4. The maximum Gasteiger partial charge on any atom is 0.317 e. The van der Waals surface area contributed by atoms with Crippen LogP contribution in [-0.2, 0) is 6.54 Å². The molecule has 0 aromatic heterocycles. The Balaban J connectivity index is 1.41. The van der Waals surface area contributed by atoms with Crippen molar-refractivity contribution in [3.63, 3.8) is 0 Å². The Morgan fingerprint density at radius 2 is 2.10 bits per heavy atom. The third-order valence-corrected chi connectivity index (χ3v) is 6.01. The number of rotatable bonds is 11. The Kier molecular flexibility index (Phi) is 8.72. The van der Waals surface area contributed by atoms with Crippen molar-refractivity contribution in [1.29, 1.82) is 0 Å². The molecule has 0 bridgehead atoms. The number of nitrogens with one attached hydrogen (secondary N) is 2. The van der Waals surface area contributed by atoms with Gasteiger partial charge in [-0.05, 0) is 17.7 Å². The normalized spacial score (nSPS) is 18.6. The third kappa shape index (κ3) is 6.95. The molecule has 8 nitrogen and oxygen atoms in total. The van der Waals surface area contributed by atoms with E-state index in [0.717, 1.165) is 49.8 Å². The maximum atomic E-state index is 11.5. The second kappa shape index (κ2) is 11.5. The highest BCUT2D eigenvalue weighted by Crippen LogP contribution is 2.28. The smallest absolute Gasteiger partial charge is 0.317 e. The first-order valence-corrected chi connectivity index (χ1v) is 11.3. The van der Waals surface area contributed by atoms with Gasteiger partial charge in [0.1, 0.15) is 12.7 Å². The maximum absolute atomic E-state index is 11.5. The van der Waals surface area contributed by atoms with E-state index in [9.17, 15) is 9.90 Å². The van der Waals surface area contributed by atoms with Gasteiger partial charge in [-0.1, -0.05) is 6.07 Å². The molecule has 3 rings (SSSR count). The molecule has 0 spiro atoms. The lowest BCUT2D eigenvalue weighted by atomic mass is 10.2. The van der Waals surface area contributed by atoms with Gasteiger partial charge in [-0.2, -0.15) is 11.8 Å². The summed E-state index contributed by atoms with van der Waals surface area (Å²) in [5.74, 6) is 3.55. The van der Waals surface area contributed by atoms with Gasteiger partial charge in [-0.3, -0.25) is 4.90 Å². The number of thioether (sulfide) groups is 1. The summed E-state index contributed by atoms with van der Waals surface area (Å²) in [4.78, 5) is 15.6. The Hall–Kier alpha value is -1.68. The van der Waals surface area contributed by atoms with Gasteiger partial charge in [0.15, 0.2) is 11.5 Å². The van der Waals surface area contributed by atoms with Gasteiger partial charge in [0.2, 0.25) is 0 Å². The first-order valence-electron chi connectivity index (χ1n) is 10.2. The third-order valence-electron chi connectivity index (χ3n) is 5.06. The monoisotopic (exact) mass is 424 g/mol. The van der Waals surface area contributed by atoms with E-state index in [1.807, 2.05) is 30.0 Å². The number of carbonyl (C=O) groups excluding carboxylic acids is 1. The molecule has 162 valence electrons. The van der Waals surface area contributed by atoms with Crippen LogP contribution in [-0.4, -0.2) is 98.1 Å². The van der Waals surface area contributed by atoms with E-state index >= 15 is 0 Å². The standard InChI is InChI=1S/C20H32N4O4S/c1-27-19-12-16(13-21-4-6-24-7-5-22-20(24)26)2-3-18(19)28-15-17(25)14-23-8-10-29-11-9-23/h2-3,12,17,21,25H,4-11,13-15H2,1H3,(H,22,26). The molecule has 2 amide bonds. The molecular formula is C20H32N4O4S. The van der Waals surface area contributed by atoms with Crippen molar-refractivity contribution >= 4 is 17.8 Å². The number of β-amino-alcohol motifs (C(OH)–C–C–N with tert-alkyl or cyclic N) is 1. The Morgan fingerprint density at radius 3 is 2.83 bits per heavy atom. The lowest BCUT2D eigenvalue weighted by molar-refractivity contribution is 0.0705. The first kappa shape index (κ1) is 22.0. The van der Waals surface area contributed by atoms with Gasteiger partial charge in [0.05, 0.1) is 7.11 Å². The second-order valence-corrected chi connectivity index (χ2v) is 8.48. The highest BCUT2D eigenvalue weighted by atomic mass is 32.2. The number of aliphatic hydroxyl groups excluding tert-OH is 1. The van der Waals surface area contributed by atoms with E-state index in [2.05, 4.69) is 15.5 Å². The number of carbonyl (C=O) groups is 1. The van der Waals surface area contributed by atoms with E-state index in [1.165, 1.54) is 0 Å². The van der Waals surface area contributed by atoms with Gasteiger partial charge in [0, 0.05) is 63.9 Å². The van der Waals surface area contributed by atoms with Crippen LogP contribution in [0.3, 0.4) is 0 Å². The molecule has 9 heteroatoms. The van der Waals surface area contributed by atoms with E-state index in [0.29, 0.717) is 31.1 Å².